The molecule has 0 radical (unpaired) electrons. The minimum atomic E-state index is -3.25. The van der Waals surface area contributed by atoms with Crippen LogP contribution in [0.1, 0.15) is 5.56 Å². The summed E-state index contributed by atoms with van der Waals surface area (Å²) in [5.41, 5.74) is 0.720. The summed E-state index contributed by atoms with van der Waals surface area (Å²) >= 11 is 0. The lowest BCUT2D eigenvalue weighted by atomic mass is 10.2. The Morgan fingerprint density at radius 1 is 1.23 bits per heavy atom. The first kappa shape index (κ1) is 9.75. The van der Waals surface area contributed by atoms with Gasteiger partial charge in [-0.2, -0.15) is 5.26 Å². The molecule has 0 aromatic heterocycles. The van der Waals surface area contributed by atoms with E-state index in [4.69, 9.17) is 5.26 Å². The summed E-state index contributed by atoms with van der Waals surface area (Å²) in [5.74, 6) is -0.469. The summed E-state index contributed by atoms with van der Waals surface area (Å²) in [4.78, 5) is 0. The molecule has 0 saturated carbocycles. The lowest BCUT2D eigenvalue weighted by Gasteiger charge is -1.98. The van der Waals surface area contributed by atoms with Crippen LogP contribution in [0.2, 0.25) is 0 Å². The molecule has 0 bridgehead atoms. The SMILES string of the molecule is N#CCS(=O)(=O)Cc1ccccc1. The van der Waals surface area contributed by atoms with Crippen molar-refractivity contribution in [3.8, 4) is 6.07 Å². The molecule has 0 fully saturated rings. The van der Waals surface area contributed by atoms with Crippen LogP contribution in [0, 0.1) is 11.3 Å². The van der Waals surface area contributed by atoms with Crippen LogP contribution < -0.4 is 0 Å². The first-order valence-corrected chi connectivity index (χ1v) is 5.57. The molecule has 68 valence electrons. The van der Waals surface area contributed by atoms with Gasteiger partial charge in [-0.05, 0) is 5.56 Å². The summed E-state index contributed by atoms with van der Waals surface area (Å²) in [5, 5.41) is 8.25. The fourth-order valence-corrected chi connectivity index (χ4v) is 1.98. The second-order valence-electron chi connectivity index (χ2n) is 2.68. The van der Waals surface area contributed by atoms with Gasteiger partial charge in [-0.15, -0.1) is 0 Å². The Hall–Kier alpha value is -1.34. The molecule has 0 N–H and O–H groups in total. The molecule has 3 nitrogen and oxygen atoms in total. The molecule has 0 saturated heterocycles. The zero-order chi connectivity index (χ0) is 9.73. The zero-order valence-corrected chi connectivity index (χ0v) is 7.79. The Morgan fingerprint density at radius 3 is 2.38 bits per heavy atom. The molecule has 0 heterocycles. The van der Waals surface area contributed by atoms with Gasteiger partial charge < -0.3 is 0 Å². The number of hydrogen-bond donors (Lipinski definition) is 0. The number of sulfone groups is 1. The fraction of sp³-hybridized carbons (Fsp3) is 0.222. The Morgan fingerprint density at radius 2 is 1.85 bits per heavy atom. The lowest BCUT2D eigenvalue weighted by molar-refractivity contribution is 0.598. The van der Waals surface area contributed by atoms with Crippen LogP contribution in [0.3, 0.4) is 0 Å². The number of nitriles is 1. The topological polar surface area (TPSA) is 57.9 Å². The summed E-state index contributed by atoms with van der Waals surface area (Å²) in [7, 11) is -3.25. The molecule has 0 amide bonds. The van der Waals surface area contributed by atoms with E-state index in [1.165, 1.54) is 0 Å². The molecule has 0 unspecified atom stereocenters. The van der Waals surface area contributed by atoms with Gasteiger partial charge >= 0.3 is 0 Å². The Labute approximate surface area is 77.5 Å². The minimum Gasteiger partial charge on any atom is -0.227 e. The first-order valence-electron chi connectivity index (χ1n) is 3.75. The van der Waals surface area contributed by atoms with Gasteiger partial charge in [-0.3, -0.25) is 0 Å². The monoisotopic (exact) mass is 195 g/mol. The molecule has 0 aliphatic rings. The van der Waals surface area contributed by atoms with Crippen LogP contribution in [0.25, 0.3) is 0 Å². The van der Waals surface area contributed by atoms with E-state index in [0.29, 0.717) is 0 Å². The fourth-order valence-electron chi connectivity index (χ4n) is 0.978. The van der Waals surface area contributed by atoms with Crippen molar-refractivity contribution in [2.24, 2.45) is 0 Å². The summed E-state index contributed by atoms with van der Waals surface area (Å²) in [6.07, 6.45) is 0. The largest absolute Gasteiger partial charge is 0.227 e. The van der Waals surface area contributed by atoms with Crippen molar-refractivity contribution in [1.82, 2.24) is 0 Å². The molecule has 0 atom stereocenters. The first-order chi connectivity index (χ1) is 6.14. The van der Waals surface area contributed by atoms with Crippen LogP contribution >= 0.6 is 0 Å². The van der Waals surface area contributed by atoms with Crippen molar-refractivity contribution in [3.05, 3.63) is 35.9 Å². The van der Waals surface area contributed by atoms with Gasteiger partial charge in [0.1, 0.15) is 5.75 Å². The van der Waals surface area contributed by atoms with Crippen LogP contribution in [0.5, 0.6) is 0 Å². The number of hydrogen-bond acceptors (Lipinski definition) is 3. The lowest BCUT2D eigenvalue weighted by Crippen LogP contribution is -2.07. The molecule has 1 aromatic carbocycles. The minimum absolute atomic E-state index is 0.0542. The maximum Gasteiger partial charge on any atom is 0.167 e. The van der Waals surface area contributed by atoms with Crippen molar-refractivity contribution in [3.63, 3.8) is 0 Å². The van der Waals surface area contributed by atoms with Crippen molar-refractivity contribution in [2.45, 2.75) is 5.75 Å². The van der Waals surface area contributed by atoms with Crippen molar-refractivity contribution in [2.75, 3.05) is 5.75 Å². The highest BCUT2D eigenvalue weighted by Crippen LogP contribution is 2.05. The summed E-state index contributed by atoms with van der Waals surface area (Å²) < 4.78 is 22.4. The van der Waals surface area contributed by atoms with Crippen LogP contribution in [-0.2, 0) is 15.6 Å². The second kappa shape index (κ2) is 4.06. The predicted octanol–water partition coefficient (Wildman–Crippen LogP) is 1.12. The Balaban J connectivity index is 2.77. The highest BCUT2D eigenvalue weighted by Gasteiger charge is 2.10. The highest BCUT2D eigenvalue weighted by molar-refractivity contribution is 7.90. The standard InChI is InChI=1S/C9H9NO2S/c10-6-7-13(11,12)8-9-4-2-1-3-5-9/h1-5H,7-8H2. The molecule has 0 aliphatic heterocycles. The van der Waals surface area contributed by atoms with Gasteiger partial charge in [0.05, 0.1) is 11.8 Å². The smallest absolute Gasteiger partial charge is 0.167 e. The number of benzene rings is 1. The number of rotatable bonds is 3. The molecular weight excluding hydrogens is 186 g/mol. The molecule has 1 aromatic rings. The average molecular weight is 195 g/mol. The Kier molecular flexibility index (Phi) is 3.04. The quantitative estimate of drug-likeness (QED) is 0.726. The second-order valence-corrected chi connectivity index (χ2v) is 4.74. The molecular formula is C9H9NO2S. The number of nitrogens with zero attached hydrogens (tertiary/aromatic N) is 1. The van der Waals surface area contributed by atoms with Crippen LogP contribution in [0.15, 0.2) is 30.3 Å². The van der Waals surface area contributed by atoms with Crippen molar-refractivity contribution < 1.29 is 8.42 Å². The average Bonchev–Trinajstić information content (AvgIpc) is 2.04. The predicted molar refractivity (Wildman–Crippen MR) is 49.5 cm³/mol. The third-order valence-electron chi connectivity index (χ3n) is 1.51. The van der Waals surface area contributed by atoms with E-state index in [-0.39, 0.29) is 5.75 Å². The van der Waals surface area contributed by atoms with E-state index in [2.05, 4.69) is 0 Å². The third kappa shape index (κ3) is 3.26. The maximum absolute atomic E-state index is 11.2. The normalized spacial score (nSPS) is 10.7. The van der Waals surface area contributed by atoms with E-state index in [9.17, 15) is 8.42 Å². The zero-order valence-electron chi connectivity index (χ0n) is 6.97. The molecule has 4 heteroatoms. The van der Waals surface area contributed by atoms with Crippen LogP contribution in [0.4, 0.5) is 0 Å². The van der Waals surface area contributed by atoms with E-state index in [1.54, 1.807) is 30.3 Å². The van der Waals surface area contributed by atoms with Gasteiger partial charge in [0.15, 0.2) is 9.84 Å². The van der Waals surface area contributed by atoms with E-state index in [0.717, 1.165) is 5.56 Å². The summed E-state index contributed by atoms with van der Waals surface area (Å²) in [6.45, 7) is 0. The van der Waals surface area contributed by atoms with E-state index >= 15 is 0 Å². The van der Waals surface area contributed by atoms with Crippen molar-refractivity contribution in [1.29, 1.82) is 5.26 Å². The van der Waals surface area contributed by atoms with Gasteiger partial charge in [0, 0.05) is 0 Å². The summed E-state index contributed by atoms with van der Waals surface area (Å²) in [6, 6.07) is 10.5. The molecule has 0 aliphatic carbocycles. The van der Waals surface area contributed by atoms with Gasteiger partial charge in [0.25, 0.3) is 0 Å². The van der Waals surface area contributed by atoms with Gasteiger partial charge in [-0.25, -0.2) is 8.42 Å². The Bertz CT molecular complexity index is 403. The molecule has 0 spiro atoms. The van der Waals surface area contributed by atoms with E-state index in [1.807, 2.05) is 6.07 Å². The third-order valence-corrected chi connectivity index (χ3v) is 2.86. The maximum atomic E-state index is 11.2. The highest BCUT2D eigenvalue weighted by atomic mass is 32.2. The van der Waals surface area contributed by atoms with E-state index < -0.39 is 15.6 Å². The van der Waals surface area contributed by atoms with Crippen LogP contribution in [-0.4, -0.2) is 14.2 Å². The van der Waals surface area contributed by atoms with Crippen molar-refractivity contribution >= 4 is 9.84 Å². The molecule has 13 heavy (non-hydrogen) atoms. The van der Waals surface area contributed by atoms with Gasteiger partial charge in [0.2, 0.25) is 0 Å². The van der Waals surface area contributed by atoms with Gasteiger partial charge in [-0.1, -0.05) is 30.3 Å². The molecule has 1 rings (SSSR count).